The van der Waals surface area contributed by atoms with E-state index in [0.29, 0.717) is 26.3 Å². The molecule has 0 radical (unpaired) electrons. The highest BCUT2D eigenvalue weighted by atomic mass is 16.5. The maximum absolute atomic E-state index is 12.1. The number of carbonyl (C=O) groups is 1. The van der Waals surface area contributed by atoms with Gasteiger partial charge in [-0.3, -0.25) is 4.79 Å². The Morgan fingerprint density at radius 1 is 1.29 bits per heavy atom. The first-order valence-corrected chi connectivity index (χ1v) is 10.2. The summed E-state index contributed by atoms with van der Waals surface area (Å²) in [4.78, 5) is 19.1. The van der Waals surface area contributed by atoms with Crippen molar-refractivity contribution in [2.45, 2.75) is 33.2 Å². The fourth-order valence-electron chi connectivity index (χ4n) is 3.24. The number of methoxy groups -OCH3 is 1. The summed E-state index contributed by atoms with van der Waals surface area (Å²) in [6, 6.07) is 8.29. The number of esters is 1. The highest BCUT2D eigenvalue weighted by molar-refractivity contribution is 5.81. The van der Waals surface area contributed by atoms with Gasteiger partial charge in [0.2, 0.25) is 0 Å². The summed E-state index contributed by atoms with van der Waals surface area (Å²) in [6.07, 6.45) is 1.85. The van der Waals surface area contributed by atoms with Crippen LogP contribution in [0.5, 0.6) is 0 Å². The van der Waals surface area contributed by atoms with Crippen LogP contribution in [-0.4, -0.2) is 63.3 Å². The average molecular weight is 391 g/mol. The third-order valence-electron chi connectivity index (χ3n) is 4.68. The van der Waals surface area contributed by atoms with Gasteiger partial charge in [-0.2, -0.15) is 0 Å². The van der Waals surface area contributed by atoms with Crippen LogP contribution in [0, 0.1) is 5.92 Å². The lowest BCUT2D eigenvalue weighted by molar-refractivity contribution is -0.149. The molecular weight excluding hydrogens is 356 g/mol. The fourth-order valence-corrected chi connectivity index (χ4v) is 3.24. The van der Waals surface area contributed by atoms with E-state index in [0.717, 1.165) is 49.7 Å². The van der Waals surface area contributed by atoms with Crippen LogP contribution in [0.25, 0.3) is 0 Å². The molecule has 7 nitrogen and oxygen atoms in total. The molecule has 1 heterocycles. The van der Waals surface area contributed by atoms with Crippen molar-refractivity contribution in [2.75, 3.05) is 51.8 Å². The average Bonchev–Trinajstić information content (AvgIpc) is 2.72. The Morgan fingerprint density at radius 2 is 2.07 bits per heavy atom. The minimum absolute atomic E-state index is 0.0741. The zero-order chi connectivity index (χ0) is 20.2. The van der Waals surface area contributed by atoms with Gasteiger partial charge in [0.25, 0.3) is 0 Å². The molecule has 1 atom stereocenters. The van der Waals surface area contributed by atoms with Crippen LogP contribution >= 0.6 is 0 Å². The number of rotatable bonds is 9. The lowest BCUT2D eigenvalue weighted by Crippen LogP contribution is -2.48. The van der Waals surface area contributed by atoms with Gasteiger partial charge in [0.1, 0.15) is 0 Å². The van der Waals surface area contributed by atoms with E-state index in [-0.39, 0.29) is 11.9 Å². The van der Waals surface area contributed by atoms with Gasteiger partial charge >= 0.3 is 5.97 Å². The maximum atomic E-state index is 12.1. The van der Waals surface area contributed by atoms with Crippen LogP contribution in [-0.2, 0) is 20.8 Å². The SMILES string of the molecule is CCNC(=NCc1ccc(NCCOC)cc1)N1CCCC(C(=O)OCC)C1. The highest BCUT2D eigenvalue weighted by Crippen LogP contribution is 2.18. The number of anilines is 1. The first-order chi connectivity index (χ1) is 13.7. The van der Waals surface area contributed by atoms with E-state index >= 15 is 0 Å². The predicted molar refractivity (Wildman–Crippen MR) is 113 cm³/mol. The summed E-state index contributed by atoms with van der Waals surface area (Å²) < 4.78 is 10.3. The Bertz CT molecular complexity index is 619. The van der Waals surface area contributed by atoms with Gasteiger partial charge in [-0.05, 0) is 44.4 Å². The van der Waals surface area contributed by atoms with Gasteiger partial charge in [-0.25, -0.2) is 4.99 Å². The number of hydrogen-bond acceptors (Lipinski definition) is 5. The molecule has 1 aromatic rings. The van der Waals surface area contributed by atoms with Gasteiger partial charge < -0.3 is 25.0 Å². The van der Waals surface area contributed by atoms with Crippen LogP contribution in [0.1, 0.15) is 32.3 Å². The van der Waals surface area contributed by atoms with E-state index in [2.05, 4.69) is 46.7 Å². The second-order valence-electron chi connectivity index (χ2n) is 6.82. The third-order valence-corrected chi connectivity index (χ3v) is 4.68. The summed E-state index contributed by atoms with van der Waals surface area (Å²) in [5, 5.41) is 6.67. The molecule has 1 aliphatic rings. The number of piperidine rings is 1. The number of nitrogens with zero attached hydrogens (tertiary/aromatic N) is 2. The number of hydrogen-bond donors (Lipinski definition) is 2. The topological polar surface area (TPSA) is 75.2 Å². The minimum Gasteiger partial charge on any atom is -0.466 e. The summed E-state index contributed by atoms with van der Waals surface area (Å²) in [7, 11) is 1.70. The number of guanidine groups is 1. The molecule has 0 bridgehead atoms. The van der Waals surface area contributed by atoms with E-state index in [9.17, 15) is 4.79 Å². The number of ether oxygens (including phenoxy) is 2. The normalized spacial score (nSPS) is 17.3. The van der Waals surface area contributed by atoms with Crippen molar-refractivity contribution in [2.24, 2.45) is 10.9 Å². The van der Waals surface area contributed by atoms with Gasteiger partial charge in [0.05, 0.1) is 25.7 Å². The van der Waals surface area contributed by atoms with Crippen LogP contribution in [0.3, 0.4) is 0 Å². The molecule has 28 heavy (non-hydrogen) atoms. The van der Waals surface area contributed by atoms with Gasteiger partial charge in [-0.15, -0.1) is 0 Å². The monoisotopic (exact) mass is 390 g/mol. The van der Waals surface area contributed by atoms with Crippen molar-refractivity contribution in [3.63, 3.8) is 0 Å². The molecule has 1 saturated heterocycles. The molecule has 0 aromatic heterocycles. The molecule has 2 rings (SSSR count). The standard InChI is InChI=1S/C21H34N4O3/c1-4-22-21(25-13-6-7-18(16-25)20(26)28-5-2)24-15-17-8-10-19(11-9-17)23-12-14-27-3/h8-11,18,23H,4-7,12-16H2,1-3H3,(H,22,24). The first-order valence-electron chi connectivity index (χ1n) is 10.2. The summed E-state index contributed by atoms with van der Waals surface area (Å²) >= 11 is 0. The molecule has 0 spiro atoms. The molecule has 1 aliphatic heterocycles. The van der Waals surface area contributed by atoms with Crippen molar-refractivity contribution in [3.8, 4) is 0 Å². The fraction of sp³-hybridized carbons (Fsp3) is 0.619. The number of nitrogens with one attached hydrogen (secondary N) is 2. The lowest BCUT2D eigenvalue weighted by Gasteiger charge is -2.34. The van der Waals surface area contributed by atoms with Gasteiger partial charge in [-0.1, -0.05) is 12.1 Å². The highest BCUT2D eigenvalue weighted by Gasteiger charge is 2.28. The molecule has 7 heteroatoms. The largest absolute Gasteiger partial charge is 0.466 e. The summed E-state index contributed by atoms with van der Waals surface area (Å²) in [6.45, 7) is 8.76. The quantitative estimate of drug-likeness (QED) is 0.292. The molecule has 1 aromatic carbocycles. The summed E-state index contributed by atoms with van der Waals surface area (Å²) in [5.41, 5.74) is 2.22. The Balaban J connectivity index is 1.96. The maximum Gasteiger partial charge on any atom is 0.310 e. The second kappa shape index (κ2) is 12.2. The molecule has 0 saturated carbocycles. The van der Waals surface area contributed by atoms with Crippen molar-refractivity contribution in [1.82, 2.24) is 10.2 Å². The van der Waals surface area contributed by atoms with E-state index < -0.39 is 0 Å². The first kappa shape index (κ1) is 22.0. The van der Waals surface area contributed by atoms with E-state index in [1.54, 1.807) is 7.11 Å². The van der Waals surface area contributed by atoms with Crippen LogP contribution in [0.2, 0.25) is 0 Å². The molecule has 1 fully saturated rings. The van der Waals surface area contributed by atoms with Crippen molar-refractivity contribution < 1.29 is 14.3 Å². The Hall–Kier alpha value is -2.28. The van der Waals surface area contributed by atoms with Crippen LogP contribution < -0.4 is 10.6 Å². The summed E-state index contributed by atoms with van der Waals surface area (Å²) in [5.74, 6) is 0.688. The second-order valence-corrected chi connectivity index (χ2v) is 6.82. The van der Waals surface area contributed by atoms with Crippen molar-refractivity contribution >= 4 is 17.6 Å². The Morgan fingerprint density at radius 3 is 2.75 bits per heavy atom. The molecule has 156 valence electrons. The molecular formula is C21H34N4O3. The van der Waals surface area contributed by atoms with E-state index in [1.807, 2.05) is 6.92 Å². The Labute approximate surface area is 168 Å². The van der Waals surface area contributed by atoms with E-state index in [1.165, 1.54) is 0 Å². The van der Waals surface area contributed by atoms with Crippen LogP contribution in [0.4, 0.5) is 5.69 Å². The number of likely N-dealkylation sites (tertiary alicyclic amines) is 1. The lowest BCUT2D eigenvalue weighted by atomic mass is 9.98. The van der Waals surface area contributed by atoms with Crippen LogP contribution in [0.15, 0.2) is 29.3 Å². The molecule has 2 N–H and O–H groups in total. The zero-order valence-corrected chi connectivity index (χ0v) is 17.4. The third kappa shape index (κ3) is 7.03. The minimum atomic E-state index is -0.0976. The molecule has 0 aliphatic carbocycles. The number of aliphatic imine (C=N–C) groups is 1. The smallest absolute Gasteiger partial charge is 0.310 e. The Kier molecular flexibility index (Phi) is 9.62. The predicted octanol–water partition coefficient (Wildman–Crippen LogP) is 2.49. The molecule has 0 amide bonds. The van der Waals surface area contributed by atoms with Crippen molar-refractivity contribution in [3.05, 3.63) is 29.8 Å². The van der Waals surface area contributed by atoms with Crippen molar-refractivity contribution in [1.29, 1.82) is 0 Å². The van der Waals surface area contributed by atoms with E-state index in [4.69, 9.17) is 14.5 Å². The zero-order valence-electron chi connectivity index (χ0n) is 17.4. The number of benzene rings is 1. The van der Waals surface area contributed by atoms with Gasteiger partial charge in [0.15, 0.2) is 5.96 Å². The number of carbonyl (C=O) groups excluding carboxylic acids is 1. The molecule has 1 unspecified atom stereocenters. The van der Waals surface area contributed by atoms with Gasteiger partial charge in [0, 0.05) is 39.0 Å².